The lowest BCUT2D eigenvalue weighted by Gasteiger charge is -2.30. The van der Waals surface area contributed by atoms with Gasteiger partial charge >= 0.3 is 0 Å². The van der Waals surface area contributed by atoms with Crippen LogP contribution in [0.25, 0.3) is 16.8 Å². The van der Waals surface area contributed by atoms with Crippen molar-refractivity contribution in [3.63, 3.8) is 0 Å². The molecule has 4 rings (SSSR count). The molecule has 3 heteroatoms. The quantitative estimate of drug-likeness (QED) is 0.681. The molecule has 0 saturated heterocycles. The lowest BCUT2D eigenvalue weighted by atomic mass is 10.0. The molecule has 0 bridgehead atoms. The first-order valence-corrected chi connectivity index (χ1v) is 8.01. The fourth-order valence-corrected chi connectivity index (χ4v) is 3.48. The number of benzene rings is 2. The van der Waals surface area contributed by atoms with Crippen LogP contribution in [0.15, 0.2) is 58.8 Å². The van der Waals surface area contributed by atoms with Gasteiger partial charge in [0.1, 0.15) is 6.17 Å². The highest BCUT2D eigenvalue weighted by molar-refractivity contribution is 7.08. The molecule has 2 heterocycles. The zero-order valence-electron chi connectivity index (χ0n) is 11.8. The predicted molar refractivity (Wildman–Crippen MR) is 93.0 cm³/mol. The largest absolute Gasteiger partial charge is 0.361 e. The number of anilines is 2. The predicted octanol–water partition coefficient (Wildman–Crippen LogP) is 5.17. The zero-order valence-corrected chi connectivity index (χ0v) is 12.6. The van der Waals surface area contributed by atoms with Gasteiger partial charge in [-0.2, -0.15) is 11.3 Å². The van der Waals surface area contributed by atoms with Gasteiger partial charge < -0.3 is 10.6 Å². The second-order valence-corrected chi connectivity index (χ2v) is 6.16. The molecule has 0 aliphatic carbocycles. The molecule has 0 atom stereocenters. The molecule has 0 amide bonds. The second kappa shape index (κ2) is 4.93. The lowest BCUT2D eigenvalue weighted by Crippen LogP contribution is -2.32. The number of hydrogen-bond donors (Lipinski definition) is 2. The summed E-state index contributed by atoms with van der Waals surface area (Å²) in [6.45, 7) is 2.16. The highest BCUT2D eigenvalue weighted by atomic mass is 32.1. The molecule has 1 aliphatic rings. The van der Waals surface area contributed by atoms with Gasteiger partial charge in [-0.1, -0.05) is 30.3 Å². The van der Waals surface area contributed by atoms with Crippen molar-refractivity contribution in [1.29, 1.82) is 0 Å². The number of thiophene rings is 1. The van der Waals surface area contributed by atoms with Gasteiger partial charge in [0.05, 0.1) is 0 Å². The van der Waals surface area contributed by atoms with Crippen molar-refractivity contribution in [3.05, 3.63) is 64.4 Å². The van der Waals surface area contributed by atoms with E-state index in [4.69, 9.17) is 0 Å². The number of nitrogens with one attached hydrogen (secondary N) is 2. The number of hydrogen-bond acceptors (Lipinski definition) is 3. The van der Waals surface area contributed by atoms with Crippen molar-refractivity contribution < 1.29 is 0 Å². The minimum absolute atomic E-state index is 0.130. The van der Waals surface area contributed by atoms with Gasteiger partial charge in [0, 0.05) is 16.8 Å². The fourth-order valence-electron chi connectivity index (χ4n) is 2.86. The summed E-state index contributed by atoms with van der Waals surface area (Å²) < 4.78 is 0. The van der Waals surface area contributed by atoms with Crippen LogP contribution >= 0.6 is 11.3 Å². The van der Waals surface area contributed by atoms with E-state index in [2.05, 4.69) is 76.9 Å². The van der Waals surface area contributed by atoms with Crippen molar-refractivity contribution in [2.75, 3.05) is 10.6 Å². The van der Waals surface area contributed by atoms with Crippen LogP contribution in [0.5, 0.6) is 0 Å². The first kappa shape index (κ1) is 12.5. The minimum Gasteiger partial charge on any atom is -0.361 e. The average molecular weight is 292 g/mol. The average Bonchev–Trinajstić information content (AvgIpc) is 3.00. The highest BCUT2D eigenvalue weighted by Crippen LogP contribution is 2.35. The molecule has 2 nitrogen and oxygen atoms in total. The summed E-state index contributed by atoms with van der Waals surface area (Å²) in [7, 11) is 0. The summed E-state index contributed by atoms with van der Waals surface area (Å²) in [5.74, 6) is 0. The van der Waals surface area contributed by atoms with Crippen molar-refractivity contribution in [2.45, 2.75) is 13.1 Å². The normalized spacial score (nSPS) is 14.8. The maximum Gasteiger partial charge on any atom is 0.119 e. The Labute approximate surface area is 128 Å². The summed E-state index contributed by atoms with van der Waals surface area (Å²) in [5.41, 5.74) is 4.94. The van der Waals surface area contributed by atoms with Crippen LogP contribution in [0.1, 0.15) is 12.5 Å². The van der Waals surface area contributed by atoms with Crippen LogP contribution < -0.4 is 10.6 Å². The smallest absolute Gasteiger partial charge is 0.119 e. The summed E-state index contributed by atoms with van der Waals surface area (Å²) in [6.07, 6.45) is 2.36. The van der Waals surface area contributed by atoms with E-state index in [0.717, 1.165) is 0 Å². The standard InChI is InChI=1S/C18H16N2S/c1-12(10-13-8-9-21-11-13)18-19-15-6-2-4-14-5-3-7-16(20-18)17(14)15/h2-11,18-20H,1H3/b12-10+. The Morgan fingerprint density at radius 1 is 1.05 bits per heavy atom. The van der Waals surface area contributed by atoms with E-state index in [1.165, 1.54) is 33.3 Å². The molecule has 0 saturated carbocycles. The van der Waals surface area contributed by atoms with Gasteiger partial charge in [0.25, 0.3) is 0 Å². The van der Waals surface area contributed by atoms with Crippen LogP contribution in [-0.2, 0) is 0 Å². The highest BCUT2D eigenvalue weighted by Gasteiger charge is 2.19. The van der Waals surface area contributed by atoms with E-state index in [1.54, 1.807) is 11.3 Å². The molecule has 0 radical (unpaired) electrons. The molecule has 0 fully saturated rings. The van der Waals surface area contributed by atoms with Gasteiger partial charge in [-0.25, -0.2) is 0 Å². The summed E-state index contributed by atoms with van der Waals surface area (Å²) >= 11 is 1.73. The maximum atomic E-state index is 3.60. The first-order valence-electron chi connectivity index (χ1n) is 7.06. The van der Waals surface area contributed by atoms with Crippen molar-refractivity contribution in [2.24, 2.45) is 0 Å². The van der Waals surface area contributed by atoms with Crippen molar-refractivity contribution in [3.8, 4) is 0 Å². The Bertz CT molecular complexity index is 778. The van der Waals surface area contributed by atoms with Gasteiger partial charge in [-0.15, -0.1) is 0 Å². The van der Waals surface area contributed by atoms with Gasteiger partial charge in [-0.05, 0) is 52.4 Å². The Morgan fingerprint density at radius 2 is 1.76 bits per heavy atom. The van der Waals surface area contributed by atoms with E-state index in [9.17, 15) is 0 Å². The van der Waals surface area contributed by atoms with Crippen molar-refractivity contribution >= 4 is 39.6 Å². The Balaban J connectivity index is 1.73. The Hall–Kier alpha value is -2.26. The Kier molecular flexibility index (Phi) is 2.93. The molecular formula is C18H16N2S. The maximum absolute atomic E-state index is 3.60. The molecule has 1 aliphatic heterocycles. The van der Waals surface area contributed by atoms with Gasteiger partial charge in [-0.3, -0.25) is 0 Å². The molecule has 104 valence electrons. The van der Waals surface area contributed by atoms with Crippen LogP contribution in [0.2, 0.25) is 0 Å². The third-order valence-electron chi connectivity index (χ3n) is 3.90. The van der Waals surface area contributed by atoms with Crippen molar-refractivity contribution in [1.82, 2.24) is 0 Å². The Morgan fingerprint density at radius 3 is 2.38 bits per heavy atom. The molecule has 0 unspecified atom stereocenters. The van der Waals surface area contributed by atoms with Crippen LogP contribution in [0, 0.1) is 0 Å². The lowest BCUT2D eigenvalue weighted by molar-refractivity contribution is 0.942. The molecule has 1 aromatic heterocycles. The molecule has 2 aromatic carbocycles. The molecule has 3 aromatic rings. The topological polar surface area (TPSA) is 24.1 Å². The minimum atomic E-state index is 0.130. The SMILES string of the molecule is C/C(=C\c1ccsc1)C1Nc2cccc3cccc(c23)N1. The third kappa shape index (κ3) is 2.20. The molecular weight excluding hydrogens is 276 g/mol. The second-order valence-electron chi connectivity index (χ2n) is 5.38. The zero-order chi connectivity index (χ0) is 14.2. The van der Waals surface area contributed by atoms with E-state index in [-0.39, 0.29) is 6.17 Å². The fraction of sp³-hybridized carbons (Fsp3) is 0.111. The summed E-state index contributed by atoms with van der Waals surface area (Å²) in [4.78, 5) is 0. The molecule has 0 spiro atoms. The third-order valence-corrected chi connectivity index (χ3v) is 4.60. The summed E-state index contributed by atoms with van der Waals surface area (Å²) in [5, 5.41) is 14.0. The van der Waals surface area contributed by atoms with Gasteiger partial charge in [0.15, 0.2) is 0 Å². The monoisotopic (exact) mass is 292 g/mol. The summed E-state index contributed by atoms with van der Waals surface area (Å²) in [6, 6.07) is 15.0. The van der Waals surface area contributed by atoms with Gasteiger partial charge in [0.2, 0.25) is 0 Å². The van der Waals surface area contributed by atoms with Crippen LogP contribution in [0.3, 0.4) is 0 Å². The van der Waals surface area contributed by atoms with Crippen LogP contribution in [-0.4, -0.2) is 6.17 Å². The van der Waals surface area contributed by atoms with Crippen LogP contribution in [0.4, 0.5) is 11.4 Å². The molecule has 21 heavy (non-hydrogen) atoms. The van der Waals surface area contributed by atoms with E-state index in [0.29, 0.717) is 0 Å². The van der Waals surface area contributed by atoms with E-state index < -0.39 is 0 Å². The van der Waals surface area contributed by atoms with E-state index >= 15 is 0 Å². The first-order chi connectivity index (χ1) is 10.3. The number of rotatable bonds is 2. The van der Waals surface area contributed by atoms with E-state index in [1.807, 2.05) is 0 Å². The molecule has 2 N–H and O–H groups in total.